The third-order valence-corrected chi connectivity index (χ3v) is 5.29. The molecule has 2 fully saturated rings. The Bertz CT molecular complexity index is 578. The standard InChI is InChI=1S/C20H27NO2/c1-3-4-5-10-21-18-8-6-16(7-9-18)13-20-12-15(2)11-17(20)14-23-19(20)22/h6-9,17,21H,2-5,10-14H2,1H3. The Morgan fingerprint density at radius 2 is 2.09 bits per heavy atom. The highest BCUT2D eigenvalue weighted by atomic mass is 16.5. The fourth-order valence-corrected chi connectivity index (χ4v) is 3.98. The van der Waals surface area contributed by atoms with Crippen molar-refractivity contribution in [2.24, 2.45) is 11.3 Å². The zero-order valence-corrected chi connectivity index (χ0v) is 14.1. The molecule has 1 aromatic rings. The summed E-state index contributed by atoms with van der Waals surface area (Å²) in [7, 11) is 0. The number of carbonyl (C=O) groups is 1. The number of allylic oxidation sites excluding steroid dienone is 1. The van der Waals surface area contributed by atoms with Crippen molar-refractivity contribution in [1.82, 2.24) is 0 Å². The number of hydrogen-bond donors (Lipinski definition) is 1. The summed E-state index contributed by atoms with van der Waals surface area (Å²) in [6, 6.07) is 8.52. The first-order valence-corrected chi connectivity index (χ1v) is 8.81. The van der Waals surface area contributed by atoms with Crippen LogP contribution in [0.4, 0.5) is 5.69 Å². The monoisotopic (exact) mass is 313 g/mol. The van der Waals surface area contributed by atoms with Gasteiger partial charge in [0.25, 0.3) is 0 Å². The molecule has 1 heterocycles. The number of unbranched alkanes of at least 4 members (excludes halogenated alkanes) is 2. The molecular formula is C20H27NO2. The van der Waals surface area contributed by atoms with Crippen molar-refractivity contribution in [1.29, 1.82) is 0 Å². The minimum Gasteiger partial charge on any atom is -0.465 e. The first-order chi connectivity index (χ1) is 11.1. The second-order valence-electron chi connectivity index (χ2n) is 7.09. The molecule has 3 rings (SSSR count). The lowest BCUT2D eigenvalue weighted by Gasteiger charge is -2.24. The van der Waals surface area contributed by atoms with Gasteiger partial charge in [0.2, 0.25) is 0 Å². The molecule has 3 heteroatoms. The summed E-state index contributed by atoms with van der Waals surface area (Å²) in [5.74, 6) is 0.289. The maximum atomic E-state index is 12.3. The van der Waals surface area contributed by atoms with Crippen LogP contribution in [-0.2, 0) is 16.0 Å². The van der Waals surface area contributed by atoms with E-state index >= 15 is 0 Å². The fourth-order valence-electron chi connectivity index (χ4n) is 3.98. The number of fused-ring (bicyclic) bond motifs is 1. The van der Waals surface area contributed by atoms with E-state index in [9.17, 15) is 4.79 Å². The summed E-state index contributed by atoms with van der Waals surface area (Å²) in [5, 5.41) is 3.46. The first-order valence-electron chi connectivity index (χ1n) is 8.81. The van der Waals surface area contributed by atoms with Crippen molar-refractivity contribution in [2.75, 3.05) is 18.5 Å². The highest BCUT2D eigenvalue weighted by molar-refractivity contribution is 5.81. The lowest BCUT2D eigenvalue weighted by Crippen LogP contribution is -2.31. The van der Waals surface area contributed by atoms with Crippen LogP contribution in [0.5, 0.6) is 0 Å². The van der Waals surface area contributed by atoms with Crippen LogP contribution in [-0.4, -0.2) is 19.1 Å². The second kappa shape index (κ2) is 6.77. The van der Waals surface area contributed by atoms with Gasteiger partial charge in [-0.05, 0) is 43.4 Å². The lowest BCUT2D eigenvalue weighted by molar-refractivity contribution is -0.146. The quantitative estimate of drug-likeness (QED) is 0.462. The molecule has 0 bridgehead atoms. The van der Waals surface area contributed by atoms with Crippen LogP contribution in [0.1, 0.15) is 44.6 Å². The summed E-state index contributed by atoms with van der Waals surface area (Å²) in [6.07, 6.45) is 6.20. The number of ether oxygens (including phenoxy) is 1. The van der Waals surface area contributed by atoms with Gasteiger partial charge in [0, 0.05) is 18.2 Å². The molecule has 1 N–H and O–H groups in total. The summed E-state index contributed by atoms with van der Waals surface area (Å²) in [6.45, 7) is 7.90. The third-order valence-electron chi connectivity index (χ3n) is 5.29. The maximum absolute atomic E-state index is 12.3. The molecule has 0 aromatic heterocycles. The molecule has 0 amide bonds. The first kappa shape index (κ1) is 16.1. The number of hydrogen-bond acceptors (Lipinski definition) is 3. The van der Waals surface area contributed by atoms with E-state index in [1.807, 2.05) is 0 Å². The van der Waals surface area contributed by atoms with E-state index in [4.69, 9.17) is 4.74 Å². The topological polar surface area (TPSA) is 38.3 Å². The summed E-state index contributed by atoms with van der Waals surface area (Å²) >= 11 is 0. The van der Waals surface area contributed by atoms with Crippen LogP contribution in [0, 0.1) is 11.3 Å². The second-order valence-corrected chi connectivity index (χ2v) is 7.09. The van der Waals surface area contributed by atoms with Gasteiger partial charge in [-0.15, -0.1) is 0 Å². The van der Waals surface area contributed by atoms with Crippen LogP contribution < -0.4 is 5.32 Å². The van der Waals surface area contributed by atoms with Crippen molar-refractivity contribution in [3.8, 4) is 0 Å². The van der Waals surface area contributed by atoms with Crippen LogP contribution in [0.25, 0.3) is 0 Å². The molecule has 1 saturated carbocycles. The van der Waals surface area contributed by atoms with E-state index in [0.717, 1.165) is 31.5 Å². The van der Waals surface area contributed by atoms with Crippen molar-refractivity contribution in [3.63, 3.8) is 0 Å². The molecular weight excluding hydrogens is 286 g/mol. The Kier molecular flexibility index (Phi) is 4.74. The molecule has 3 nitrogen and oxygen atoms in total. The van der Waals surface area contributed by atoms with Crippen LogP contribution >= 0.6 is 0 Å². The van der Waals surface area contributed by atoms with Gasteiger partial charge in [0.15, 0.2) is 0 Å². The highest BCUT2D eigenvalue weighted by Crippen LogP contribution is 2.52. The minimum absolute atomic E-state index is 0.0251. The maximum Gasteiger partial charge on any atom is 0.313 e. The van der Waals surface area contributed by atoms with Gasteiger partial charge in [0.1, 0.15) is 0 Å². The van der Waals surface area contributed by atoms with E-state index in [1.54, 1.807) is 0 Å². The van der Waals surface area contributed by atoms with E-state index in [0.29, 0.717) is 12.5 Å². The number of anilines is 1. The number of benzene rings is 1. The molecule has 1 saturated heterocycles. The lowest BCUT2D eigenvalue weighted by atomic mass is 9.75. The van der Waals surface area contributed by atoms with E-state index in [-0.39, 0.29) is 11.4 Å². The smallest absolute Gasteiger partial charge is 0.313 e. The molecule has 1 aliphatic heterocycles. The summed E-state index contributed by atoms with van der Waals surface area (Å²) in [4.78, 5) is 12.3. The van der Waals surface area contributed by atoms with E-state index in [1.165, 1.54) is 30.4 Å². The Hall–Kier alpha value is -1.77. The van der Waals surface area contributed by atoms with Crippen LogP contribution in [0.2, 0.25) is 0 Å². The zero-order valence-electron chi connectivity index (χ0n) is 14.1. The van der Waals surface area contributed by atoms with Crippen LogP contribution in [0.3, 0.4) is 0 Å². The fraction of sp³-hybridized carbons (Fsp3) is 0.550. The van der Waals surface area contributed by atoms with Crippen LogP contribution in [0.15, 0.2) is 36.4 Å². The zero-order chi connectivity index (χ0) is 16.3. The van der Waals surface area contributed by atoms with Gasteiger partial charge < -0.3 is 10.1 Å². The summed E-state index contributed by atoms with van der Waals surface area (Å²) in [5.41, 5.74) is 3.21. The van der Waals surface area contributed by atoms with Crippen molar-refractivity contribution < 1.29 is 9.53 Å². The minimum atomic E-state index is -0.354. The van der Waals surface area contributed by atoms with Crippen molar-refractivity contribution >= 4 is 11.7 Å². The van der Waals surface area contributed by atoms with Gasteiger partial charge in [-0.3, -0.25) is 4.79 Å². The van der Waals surface area contributed by atoms with Gasteiger partial charge in [-0.2, -0.15) is 0 Å². The largest absolute Gasteiger partial charge is 0.465 e. The molecule has 124 valence electrons. The molecule has 0 spiro atoms. The summed E-state index contributed by atoms with van der Waals surface area (Å²) < 4.78 is 5.35. The molecule has 2 aliphatic rings. The van der Waals surface area contributed by atoms with E-state index in [2.05, 4.69) is 43.1 Å². The Labute approximate surface area is 139 Å². The molecule has 2 atom stereocenters. The number of nitrogens with one attached hydrogen (secondary N) is 1. The highest BCUT2D eigenvalue weighted by Gasteiger charge is 2.55. The molecule has 23 heavy (non-hydrogen) atoms. The van der Waals surface area contributed by atoms with Gasteiger partial charge in [-0.1, -0.05) is 44.1 Å². The van der Waals surface area contributed by atoms with Gasteiger partial charge >= 0.3 is 5.97 Å². The number of cyclic esters (lactones) is 1. The average Bonchev–Trinajstić information content (AvgIpc) is 3.01. The molecule has 0 radical (unpaired) electrons. The molecule has 1 aliphatic carbocycles. The van der Waals surface area contributed by atoms with Crippen molar-refractivity contribution in [2.45, 2.75) is 45.4 Å². The number of rotatable bonds is 7. The predicted octanol–water partition coefficient (Wildman–Crippen LogP) is 4.34. The third kappa shape index (κ3) is 3.29. The van der Waals surface area contributed by atoms with Gasteiger partial charge in [0.05, 0.1) is 12.0 Å². The molecule has 2 unspecified atom stereocenters. The number of esters is 1. The Morgan fingerprint density at radius 1 is 1.30 bits per heavy atom. The predicted molar refractivity (Wildman–Crippen MR) is 93.4 cm³/mol. The van der Waals surface area contributed by atoms with Crippen molar-refractivity contribution in [3.05, 3.63) is 42.0 Å². The SMILES string of the molecule is C=C1CC2COC(=O)C2(Cc2ccc(NCCCCC)cc2)C1. The Balaban J connectivity index is 1.64. The normalized spacial score (nSPS) is 26.2. The number of carbonyl (C=O) groups excluding carboxylic acids is 1. The van der Waals surface area contributed by atoms with E-state index < -0.39 is 0 Å². The average molecular weight is 313 g/mol. The molecule has 1 aromatic carbocycles. The Morgan fingerprint density at radius 3 is 2.83 bits per heavy atom. The van der Waals surface area contributed by atoms with Gasteiger partial charge in [-0.25, -0.2) is 0 Å².